The highest BCUT2D eigenvalue weighted by atomic mass is 32.1. The summed E-state index contributed by atoms with van der Waals surface area (Å²) in [6.45, 7) is 5.11. The number of aryl methyl sites for hydroxylation is 1. The van der Waals surface area contributed by atoms with Crippen LogP contribution < -0.4 is 0 Å². The molecule has 0 aliphatic rings. The van der Waals surface area contributed by atoms with E-state index in [-0.39, 0.29) is 5.91 Å². The van der Waals surface area contributed by atoms with Crippen LogP contribution in [0.2, 0.25) is 0 Å². The van der Waals surface area contributed by atoms with Gasteiger partial charge in [0.25, 0.3) is 0 Å². The molecule has 0 saturated carbocycles. The van der Waals surface area contributed by atoms with E-state index in [2.05, 4.69) is 25.3 Å². The SMILES string of the molecule is CC(C)CN(C)C(=O)CCc1cccs1. The molecule has 0 N–H and O–H groups in total. The van der Waals surface area contributed by atoms with E-state index in [0.29, 0.717) is 12.3 Å². The fourth-order valence-electron chi connectivity index (χ4n) is 1.53. The Labute approximate surface area is 95.9 Å². The largest absolute Gasteiger partial charge is 0.345 e. The molecular formula is C12H19NOS. The molecule has 0 fully saturated rings. The van der Waals surface area contributed by atoms with Crippen LogP contribution in [0.15, 0.2) is 17.5 Å². The van der Waals surface area contributed by atoms with Gasteiger partial charge in [-0.15, -0.1) is 11.3 Å². The third-order valence-corrected chi connectivity index (χ3v) is 3.17. The second-order valence-electron chi connectivity index (χ2n) is 4.25. The van der Waals surface area contributed by atoms with Crippen LogP contribution in [0.3, 0.4) is 0 Å². The molecule has 0 spiro atoms. The molecule has 0 aliphatic heterocycles. The lowest BCUT2D eigenvalue weighted by atomic mass is 10.2. The van der Waals surface area contributed by atoms with Gasteiger partial charge in [-0.2, -0.15) is 0 Å². The molecule has 1 aromatic rings. The van der Waals surface area contributed by atoms with Gasteiger partial charge in [0.1, 0.15) is 0 Å². The van der Waals surface area contributed by atoms with Gasteiger partial charge in [-0.3, -0.25) is 4.79 Å². The highest BCUT2D eigenvalue weighted by Gasteiger charge is 2.10. The molecule has 0 bridgehead atoms. The van der Waals surface area contributed by atoms with Crippen molar-refractivity contribution in [2.45, 2.75) is 26.7 Å². The van der Waals surface area contributed by atoms with Crippen molar-refractivity contribution in [1.29, 1.82) is 0 Å². The van der Waals surface area contributed by atoms with E-state index in [1.165, 1.54) is 4.88 Å². The molecule has 0 saturated heterocycles. The van der Waals surface area contributed by atoms with Crippen LogP contribution in [0.5, 0.6) is 0 Å². The maximum atomic E-state index is 11.7. The minimum atomic E-state index is 0.247. The van der Waals surface area contributed by atoms with Crippen molar-refractivity contribution in [2.24, 2.45) is 5.92 Å². The lowest BCUT2D eigenvalue weighted by Gasteiger charge is -2.19. The van der Waals surface area contributed by atoms with E-state index in [1.807, 2.05) is 18.0 Å². The maximum absolute atomic E-state index is 11.7. The van der Waals surface area contributed by atoms with Gasteiger partial charge in [0.05, 0.1) is 0 Å². The molecule has 1 amide bonds. The summed E-state index contributed by atoms with van der Waals surface area (Å²) >= 11 is 1.72. The van der Waals surface area contributed by atoms with Crippen molar-refractivity contribution in [2.75, 3.05) is 13.6 Å². The molecule has 84 valence electrons. The summed E-state index contributed by atoms with van der Waals surface area (Å²) in [5.41, 5.74) is 0. The fraction of sp³-hybridized carbons (Fsp3) is 0.583. The Bertz CT molecular complexity index is 293. The van der Waals surface area contributed by atoms with Gasteiger partial charge in [-0.1, -0.05) is 19.9 Å². The van der Waals surface area contributed by atoms with E-state index in [1.54, 1.807) is 11.3 Å². The zero-order valence-corrected chi connectivity index (χ0v) is 10.5. The zero-order valence-electron chi connectivity index (χ0n) is 9.69. The van der Waals surface area contributed by atoms with Crippen molar-refractivity contribution in [3.63, 3.8) is 0 Å². The first kappa shape index (κ1) is 12.2. The molecule has 0 aliphatic carbocycles. The van der Waals surface area contributed by atoms with Gasteiger partial charge in [0, 0.05) is 24.9 Å². The number of rotatable bonds is 5. The van der Waals surface area contributed by atoms with E-state index >= 15 is 0 Å². The second-order valence-corrected chi connectivity index (χ2v) is 5.28. The molecule has 15 heavy (non-hydrogen) atoms. The Morgan fingerprint density at radius 2 is 2.27 bits per heavy atom. The van der Waals surface area contributed by atoms with E-state index < -0.39 is 0 Å². The molecule has 1 heterocycles. The second kappa shape index (κ2) is 5.91. The summed E-state index contributed by atoms with van der Waals surface area (Å²) < 4.78 is 0. The van der Waals surface area contributed by atoms with Crippen LogP contribution in [0.4, 0.5) is 0 Å². The third-order valence-electron chi connectivity index (χ3n) is 2.23. The predicted molar refractivity (Wildman–Crippen MR) is 65.1 cm³/mol. The monoisotopic (exact) mass is 225 g/mol. The van der Waals surface area contributed by atoms with Crippen LogP contribution in [-0.2, 0) is 11.2 Å². The van der Waals surface area contributed by atoms with Crippen molar-refractivity contribution >= 4 is 17.2 Å². The van der Waals surface area contributed by atoms with E-state index in [4.69, 9.17) is 0 Å². The highest BCUT2D eigenvalue weighted by molar-refractivity contribution is 7.09. The number of hydrogen-bond acceptors (Lipinski definition) is 2. The van der Waals surface area contributed by atoms with Gasteiger partial charge in [-0.25, -0.2) is 0 Å². The molecule has 1 rings (SSSR count). The summed E-state index contributed by atoms with van der Waals surface area (Å²) in [7, 11) is 1.89. The average Bonchev–Trinajstić information content (AvgIpc) is 2.65. The van der Waals surface area contributed by atoms with Crippen molar-refractivity contribution in [3.05, 3.63) is 22.4 Å². The van der Waals surface area contributed by atoms with Crippen molar-refractivity contribution in [1.82, 2.24) is 4.90 Å². The van der Waals surface area contributed by atoms with Crippen LogP contribution >= 0.6 is 11.3 Å². The Kier molecular flexibility index (Phi) is 4.82. The quantitative estimate of drug-likeness (QED) is 0.754. The van der Waals surface area contributed by atoms with Gasteiger partial charge in [-0.05, 0) is 23.8 Å². The molecule has 3 heteroatoms. The fourth-order valence-corrected chi connectivity index (χ4v) is 2.23. The molecule has 0 radical (unpaired) electrons. The third kappa shape index (κ3) is 4.47. The first-order chi connectivity index (χ1) is 7.09. The number of carbonyl (C=O) groups is 1. The Morgan fingerprint density at radius 1 is 1.53 bits per heavy atom. The van der Waals surface area contributed by atoms with Gasteiger partial charge >= 0.3 is 0 Å². The van der Waals surface area contributed by atoms with Crippen molar-refractivity contribution < 1.29 is 4.79 Å². The number of amides is 1. The van der Waals surface area contributed by atoms with Crippen LogP contribution in [-0.4, -0.2) is 24.4 Å². The Balaban J connectivity index is 2.29. The smallest absolute Gasteiger partial charge is 0.222 e. The van der Waals surface area contributed by atoms with Crippen LogP contribution in [0.1, 0.15) is 25.1 Å². The molecule has 0 unspecified atom stereocenters. The molecule has 0 atom stereocenters. The normalized spacial score (nSPS) is 10.7. The first-order valence-corrected chi connectivity index (χ1v) is 6.24. The van der Waals surface area contributed by atoms with E-state index in [9.17, 15) is 4.79 Å². The van der Waals surface area contributed by atoms with Crippen LogP contribution in [0, 0.1) is 5.92 Å². The summed E-state index contributed by atoms with van der Waals surface area (Å²) in [6, 6.07) is 4.11. The number of hydrogen-bond donors (Lipinski definition) is 0. The molecule has 1 aromatic heterocycles. The van der Waals surface area contributed by atoms with Crippen molar-refractivity contribution in [3.8, 4) is 0 Å². The van der Waals surface area contributed by atoms with Crippen LogP contribution in [0.25, 0.3) is 0 Å². The lowest BCUT2D eigenvalue weighted by molar-refractivity contribution is -0.130. The van der Waals surface area contributed by atoms with Gasteiger partial charge in [0.2, 0.25) is 5.91 Å². The summed E-state index contributed by atoms with van der Waals surface area (Å²) in [5.74, 6) is 0.790. The molecule has 0 aromatic carbocycles. The first-order valence-electron chi connectivity index (χ1n) is 5.36. The topological polar surface area (TPSA) is 20.3 Å². The minimum Gasteiger partial charge on any atom is -0.345 e. The molecular weight excluding hydrogens is 206 g/mol. The minimum absolute atomic E-state index is 0.247. The number of thiophene rings is 1. The van der Waals surface area contributed by atoms with E-state index in [0.717, 1.165) is 13.0 Å². The highest BCUT2D eigenvalue weighted by Crippen LogP contribution is 2.11. The lowest BCUT2D eigenvalue weighted by Crippen LogP contribution is -2.30. The predicted octanol–water partition coefficient (Wildman–Crippen LogP) is 2.80. The summed E-state index contributed by atoms with van der Waals surface area (Å²) in [4.78, 5) is 14.8. The summed E-state index contributed by atoms with van der Waals surface area (Å²) in [5, 5.41) is 2.05. The Hall–Kier alpha value is -0.830. The zero-order chi connectivity index (χ0) is 11.3. The van der Waals surface area contributed by atoms with Gasteiger partial charge < -0.3 is 4.90 Å². The average molecular weight is 225 g/mol. The number of carbonyl (C=O) groups excluding carboxylic acids is 1. The maximum Gasteiger partial charge on any atom is 0.222 e. The van der Waals surface area contributed by atoms with Gasteiger partial charge in [0.15, 0.2) is 0 Å². The summed E-state index contributed by atoms with van der Waals surface area (Å²) in [6.07, 6.45) is 1.50. The standard InChI is InChI=1S/C12H19NOS/c1-10(2)9-13(3)12(14)7-6-11-5-4-8-15-11/h4-5,8,10H,6-7,9H2,1-3H3. The Morgan fingerprint density at radius 3 is 2.80 bits per heavy atom. The number of nitrogens with zero attached hydrogens (tertiary/aromatic N) is 1. The molecule has 2 nitrogen and oxygen atoms in total.